The van der Waals surface area contributed by atoms with E-state index in [1.165, 1.54) is 0 Å². The van der Waals surface area contributed by atoms with Crippen LogP contribution in [0.4, 0.5) is 0 Å². The van der Waals surface area contributed by atoms with Crippen LogP contribution in [0.15, 0.2) is 42.5 Å². The molecule has 0 spiro atoms. The fraction of sp³-hybridized carbons (Fsp3) is 0.464. The maximum absolute atomic E-state index is 12.8. The molecule has 4 heteroatoms. The molecule has 0 aliphatic rings. The van der Waals surface area contributed by atoms with E-state index in [9.17, 15) is 4.79 Å². The van der Waals surface area contributed by atoms with Crippen LogP contribution in [0, 0.1) is 0 Å². The molecule has 0 N–H and O–H groups in total. The van der Waals surface area contributed by atoms with E-state index in [-0.39, 0.29) is 11.2 Å². The van der Waals surface area contributed by atoms with Crippen molar-refractivity contribution in [2.75, 3.05) is 19.8 Å². The van der Waals surface area contributed by atoms with Crippen molar-refractivity contribution in [1.29, 1.82) is 0 Å². The molecule has 0 aromatic heterocycles. The quantitative estimate of drug-likeness (QED) is 0.259. The van der Waals surface area contributed by atoms with E-state index in [0.29, 0.717) is 25.4 Å². The van der Waals surface area contributed by atoms with Crippen molar-refractivity contribution < 1.29 is 19.0 Å². The first-order chi connectivity index (χ1) is 15.3. The molecule has 0 radical (unpaired) electrons. The summed E-state index contributed by atoms with van der Waals surface area (Å²) in [6.45, 7) is 14.6. The maximum Gasteiger partial charge on any atom is 0.185 e. The molecule has 32 heavy (non-hydrogen) atoms. The Bertz CT molecular complexity index is 889. The van der Waals surface area contributed by atoms with E-state index < -0.39 is 0 Å². The third-order valence-electron chi connectivity index (χ3n) is 4.82. The summed E-state index contributed by atoms with van der Waals surface area (Å²) in [6, 6.07) is 11.3. The number of hydrogen-bond donors (Lipinski definition) is 0. The molecule has 0 saturated carbocycles. The zero-order valence-electron chi connectivity index (χ0n) is 20.5. The first-order valence-electron chi connectivity index (χ1n) is 11.7. The molecular weight excluding hydrogens is 400 g/mol. The van der Waals surface area contributed by atoms with Crippen LogP contribution in [0.5, 0.6) is 17.2 Å². The minimum atomic E-state index is -0.159. The average Bonchev–Trinajstić information content (AvgIpc) is 2.77. The van der Waals surface area contributed by atoms with Crippen LogP contribution in [0.3, 0.4) is 0 Å². The molecule has 0 unspecified atom stereocenters. The molecule has 0 heterocycles. The van der Waals surface area contributed by atoms with E-state index >= 15 is 0 Å². The van der Waals surface area contributed by atoms with Gasteiger partial charge in [0, 0.05) is 17.2 Å². The van der Waals surface area contributed by atoms with Gasteiger partial charge in [-0.15, -0.1) is 0 Å². The van der Waals surface area contributed by atoms with Gasteiger partial charge in [-0.25, -0.2) is 0 Å². The van der Waals surface area contributed by atoms with E-state index in [2.05, 4.69) is 41.5 Å². The lowest BCUT2D eigenvalue weighted by Crippen LogP contribution is -2.16. The fourth-order valence-electron chi connectivity index (χ4n) is 3.37. The highest BCUT2D eigenvalue weighted by atomic mass is 16.5. The number of benzene rings is 2. The Morgan fingerprint density at radius 1 is 0.812 bits per heavy atom. The highest BCUT2D eigenvalue weighted by Crippen LogP contribution is 2.38. The van der Waals surface area contributed by atoms with Gasteiger partial charge in [-0.3, -0.25) is 4.79 Å². The number of carbonyl (C=O) groups excluding carboxylic acids is 1. The Morgan fingerprint density at radius 3 is 1.94 bits per heavy atom. The van der Waals surface area contributed by atoms with Crippen LogP contribution >= 0.6 is 0 Å². The van der Waals surface area contributed by atoms with Crippen molar-refractivity contribution in [3.63, 3.8) is 0 Å². The second kappa shape index (κ2) is 12.3. The lowest BCUT2D eigenvalue weighted by atomic mass is 9.82. The number of allylic oxidation sites excluding steroid dienone is 1. The summed E-state index contributed by atoms with van der Waals surface area (Å²) >= 11 is 0. The van der Waals surface area contributed by atoms with Gasteiger partial charge in [-0.05, 0) is 66.6 Å². The Labute approximate surface area is 193 Å². The number of rotatable bonds is 12. The van der Waals surface area contributed by atoms with Crippen molar-refractivity contribution in [1.82, 2.24) is 0 Å². The highest BCUT2D eigenvalue weighted by Gasteiger charge is 2.24. The summed E-state index contributed by atoms with van der Waals surface area (Å²) in [5.74, 6) is 2.30. The van der Waals surface area contributed by atoms with E-state index in [4.69, 9.17) is 14.2 Å². The van der Waals surface area contributed by atoms with E-state index in [1.807, 2.05) is 30.3 Å². The first kappa shape index (κ1) is 25.5. The number of ketones is 1. The molecule has 0 bridgehead atoms. The summed E-state index contributed by atoms with van der Waals surface area (Å²) in [5.41, 5.74) is 2.48. The summed E-state index contributed by atoms with van der Waals surface area (Å²) in [4.78, 5) is 12.8. The average molecular weight is 439 g/mol. The molecule has 4 nitrogen and oxygen atoms in total. The van der Waals surface area contributed by atoms with Gasteiger partial charge in [0.25, 0.3) is 0 Å². The SMILES string of the molecule is CCCOc1ccc(C(=O)/C=C/c2cc(OCCC)cc(OCCC)c2C(C)(C)C)cc1. The van der Waals surface area contributed by atoms with Gasteiger partial charge in [0.05, 0.1) is 19.8 Å². The van der Waals surface area contributed by atoms with E-state index in [1.54, 1.807) is 18.2 Å². The molecule has 2 rings (SSSR count). The molecule has 0 amide bonds. The zero-order valence-corrected chi connectivity index (χ0v) is 20.5. The smallest absolute Gasteiger partial charge is 0.185 e. The molecule has 0 fully saturated rings. The zero-order chi connectivity index (χ0) is 23.6. The number of ether oxygens (including phenoxy) is 3. The van der Waals surface area contributed by atoms with Gasteiger partial charge in [-0.1, -0.05) is 47.6 Å². The van der Waals surface area contributed by atoms with Crippen LogP contribution in [0.2, 0.25) is 0 Å². The predicted molar refractivity (Wildman–Crippen MR) is 132 cm³/mol. The summed E-state index contributed by atoms with van der Waals surface area (Å²) in [5, 5.41) is 0. The minimum absolute atomic E-state index is 0.0530. The van der Waals surface area contributed by atoms with Gasteiger partial charge >= 0.3 is 0 Å². The van der Waals surface area contributed by atoms with Crippen LogP contribution in [0.1, 0.15) is 82.3 Å². The predicted octanol–water partition coefficient (Wildman–Crippen LogP) is 7.25. The van der Waals surface area contributed by atoms with Crippen LogP contribution in [0.25, 0.3) is 6.08 Å². The van der Waals surface area contributed by atoms with E-state index in [0.717, 1.165) is 47.6 Å². The Morgan fingerprint density at radius 2 is 1.38 bits per heavy atom. The lowest BCUT2D eigenvalue weighted by molar-refractivity contribution is 0.104. The van der Waals surface area contributed by atoms with Gasteiger partial charge in [0.1, 0.15) is 17.2 Å². The number of hydrogen-bond acceptors (Lipinski definition) is 4. The monoisotopic (exact) mass is 438 g/mol. The largest absolute Gasteiger partial charge is 0.494 e. The highest BCUT2D eigenvalue weighted by molar-refractivity contribution is 6.07. The Balaban J connectivity index is 2.38. The normalized spacial score (nSPS) is 11.6. The van der Waals surface area contributed by atoms with Crippen molar-refractivity contribution in [2.45, 2.75) is 66.2 Å². The molecule has 174 valence electrons. The third kappa shape index (κ3) is 7.44. The summed E-state index contributed by atoms with van der Waals surface area (Å²) in [6.07, 6.45) is 6.30. The van der Waals surface area contributed by atoms with Gasteiger partial charge in [0.15, 0.2) is 5.78 Å². The van der Waals surface area contributed by atoms with Gasteiger partial charge < -0.3 is 14.2 Å². The molecule has 0 atom stereocenters. The molecule has 2 aromatic carbocycles. The molecule has 0 aliphatic carbocycles. The van der Waals surface area contributed by atoms with Gasteiger partial charge in [0.2, 0.25) is 0 Å². The van der Waals surface area contributed by atoms with Crippen molar-refractivity contribution in [3.05, 3.63) is 59.2 Å². The number of carbonyl (C=O) groups is 1. The van der Waals surface area contributed by atoms with Crippen LogP contribution < -0.4 is 14.2 Å². The molecular formula is C28H38O4. The summed E-state index contributed by atoms with van der Waals surface area (Å²) < 4.78 is 17.6. The molecule has 0 aliphatic heterocycles. The second-order valence-corrected chi connectivity index (χ2v) is 8.90. The topological polar surface area (TPSA) is 44.8 Å². The Hall–Kier alpha value is -2.75. The van der Waals surface area contributed by atoms with Crippen LogP contribution in [-0.2, 0) is 5.41 Å². The summed E-state index contributed by atoms with van der Waals surface area (Å²) in [7, 11) is 0. The Kier molecular flexibility index (Phi) is 9.83. The minimum Gasteiger partial charge on any atom is -0.494 e. The van der Waals surface area contributed by atoms with Crippen molar-refractivity contribution in [3.8, 4) is 17.2 Å². The standard InChI is InChI=1S/C28H38O4/c1-7-16-30-23-13-10-21(11-14-23)25(29)15-12-22-19-24(31-17-8-2)20-26(32-18-9-3)27(22)28(4,5)6/h10-15,19-20H,7-9,16-18H2,1-6H3/b15-12+. The fourth-order valence-corrected chi connectivity index (χ4v) is 3.37. The van der Waals surface area contributed by atoms with Gasteiger partial charge in [-0.2, -0.15) is 0 Å². The second-order valence-electron chi connectivity index (χ2n) is 8.90. The van der Waals surface area contributed by atoms with Crippen molar-refractivity contribution >= 4 is 11.9 Å². The van der Waals surface area contributed by atoms with Crippen molar-refractivity contribution in [2.24, 2.45) is 0 Å². The van der Waals surface area contributed by atoms with Crippen LogP contribution in [-0.4, -0.2) is 25.6 Å². The first-order valence-corrected chi connectivity index (χ1v) is 11.7. The third-order valence-corrected chi connectivity index (χ3v) is 4.82. The maximum atomic E-state index is 12.8. The lowest BCUT2D eigenvalue weighted by Gasteiger charge is -2.26. The molecule has 2 aromatic rings. The molecule has 0 saturated heterocycles.